The number of hydrogen-bond donors (Lipinski definition) is 1. The minimum Gasteiger partial charge on any atom is -0.399 e. The van der Waals surface area contributed by atoms with Crippen LogP contribution in [0, 0.1) is 20.8 Å². The molecule has 0 aliphatic heterocycles. The highest BCUT2D eigenvalue weighted by molar-refractivity contribution is 6.53. The number of hydrogen-bond acceptors (Lipinski definition) is 1. The van der Waals surface area contributed by atoms with Gasteiger partial charge in [0, 0.05) is 5.70 Å². The Bertz CT molecular complexity index is 671. The summed E-state index contributed by atoms with van der Waals surface area (Å²) >= 11 is 0. The molecule has 2 aromatic rings. The van der Waals surface area contributed by atoms with Crippen LogP contribution in [0.2, 0.25) is 6.82 Å². The van der Waals surface area contributed by atoms with Gasteiger partial charge in [0.05, 0.1) is 0 Å². The van der Waals surface area contributed by atoms with Crippen LogP contribution in [0.3, 0.4) is 0 Å². The summed E-state index contributed by atoms with van der Waals surface area (Å²) in [5.74, 6) is 0. The van der Waals surface area contributed by atoms with E-state index in [2.05, 4.69) is 64.5 Å². The summed E-state index contributed by atoms with van der Waals surface area (Å²) in [6.07, 6.45) is 0. The Morgan fingerprint density at radius 1 is 1.05 bits per heavy atom. The second kappa shape index (κ2) is 5.58. The molecule has 0 atom stereocenters. The molecule has 0 heterocycles. The first-order valence-electron chi connectivity index (χ1n) is 7.10. The molecule has 0 aliphatic rings. The molecule has 0 spiro atoms. The van der Waals surface area contributed by atoms with Crippen molar-refractivity contribution in [1.82, 2.24) is 0 Å². The van der Waals surface area contributed by atoms with Crippen molar-refractivity contribution >= 4 is 18.4 Å². The van der Waals surface area contributed by atoms with Crippen LogP contribution in [0.1, 0.15) is 22.3 Å². The van der Waals surface area contributed by atoms with E-state index in [1.165, 1.54) is 33.3 Å². The lowest BCUT2D eigenvalue weighted by Gasteiger charge is -2.17. The molecule has 0 saturated heterocycles. The minimum absolute atomic E-state index is 0.658. The molecule has 0 bridgehead atoms. The van der Waals surface area contributed by atoms with Gasteiger partial charge in [0.2, 0.25) is 0 Å². The number of aryl methyl sites for hydroxylation is 2. The van der Waals surface area contributed by atoms with E-state index in [1.807, 2.05) is 0 Å². The van der Waals surface area contributed by atoms with Gasteiger partial charge in [0.1, 0.15) is 0 Å². The van der Waals surface area contributed by atoms with Crippen LogP contribution in [-0.4, -0.2) is 7.28 Å². The molecule has 0 saturated carbocycles. The average molecular weight is 263 g/mol. The molecule has 1 nitrogen and oxygen atoms in total. The van der Waals surface area contributed by atoms with E-state index < -0.39 is 0 Å². The van der Waals surface area contributed by atoms with Crippen molar-refractivity contribution in [2.75, 3.05) is 0 Å². The topological polar surface area (TPSA) is 26.0 Å². The van der Waals surface area contributed by atoms with Gasteiger partial charge in [-0.15, -0.1) is 0 Å². The third kappa shape index (κ3) is 2.51. The van der Waals surface area contributed by atoms with E-state index >= 15 is 0 Å². The zero-order valence-electron chi connectivity index (χ0n) is 12.9. The molecule has 20 heavy (non-hydrogen) atoms. The minimum atomic E-state index is 0.658. The van der Waals surface area contributed by atoms with Crippen LogP contribution < -0.4 is 11.2 Å². The molecular formula is C18H22BN. The van der Waals surface area contributed by atoms with Crippen molar-refractivity contribution in [2.24, 2.45) is 5.73 Å². The highest BCUT2D eigenvalue weighted by Gasteiger charge is 2.13. The van der Waals surface area contributed by atoms with Gasteiger partial charge in [-0.3, -0.25) is 0 Å². The molecule has 2 heteroatoms. The van der Waals surface area contributed by atoms with Crippen LogP contribution in [0.5, 0.6) is 0 Å². The molecular weight excluding hydrogens is 241 g/mol. The maximum Gasteiger partial charge on any atom is 0.155 e. The second-order valence-corrected chi connectivity index (χ2v) is 5.47. The lowest BCUT2D eigenvalue weighted by Crippen LogP contribution is -2.20. The molecule has 0 unspecified atom stereocenters. The van der Waals surface area contributed by atoms with Gasteiger partial charge < -0.3 is 5.73 Å². The summed E-state index contributed by atoms with van der Waals surface area (Å²) in [6.45, 7) is 12.5. The summed E-state index contributed by atoms with van der Waals surface area (Å²) in [7, 11) is 0.972. The Labute approximate surface area is 122 Å². The van der Waals surface area contributed by atoms with Gasteiger partial charge >= 0.3 is 0 Å². The van der Waals surface area contributed by atoms with Gasteiger partial charge in [-0.1, -0.05) is 54.8 Å². The van der Waals surface area contributed by atoms with Crippen molar-refractivity contribution in [2.45, 2.75) is 27.6 Å². The Hall–Kier alpha value is -1.96. The molecule has 2 rings (SSSR count). The first-order chi connectivity index (χ1) is 9.45. The van der Waals surface area contributed by atoms with E-state index in [-0.39, 0.29) is 0 Å². The average Bonchev–Trinajstić information content (AvgIpc) is 2.38. The lowest BCUT2D eigenvalue weighted by molar-refractivity contribution is 1.35. The summed E-state index contributed by atoms with van der Waals surface area (Å²) < 4.78 is 0. The van der Waals surface area contributed by atoms with Gasteiger partial charge in [-0.25, -0.2) is 0 Å². The Morgan fingerprint density at radius 2 is 1.70 bits per heavy atom. The van der Waals surface area contributed by atoms with Crippen molar-refractivity contribution in [3.8, 4) is 11.1 Å². The normalized spacial score (nSPS) is 10.4. The molecule has 102 valence electrons. The van der Waals surface area contributed by atoms with Crippen LogP contribution in [-0.2, 0) is 0 Å². The van der Waals surface area contributed by atoms with E-state index in [4.69, 9.17) is 5.73 Å². The number of nitrogens with two attached hydrogens (primary N) is 1. The standard InChI is InChI=1S/C18H22BN/c1-11-6-7-15(12(2)10-11)16-8-9-17(19-5)18(13(16)3)14(4)20/h6-10,19H,4,20H2,1-3,5H3. The third-order valence-corrected chi connectivity index (χ3v) is 3.93. The van der Waals surface area contributed by atoms with Crippen LogP contribution in [0.4, 0.5) is 0 Å². The fourth-order valence-electron chi connectivity index (χ4n) is 2.92. The van der Waals surface area contributed by atoms with Gasteiger partial charge in [0.15, 0.2) is 7.28 Å². The maximum absolute atomic E-state index is 6.01. The van der Waals surface area contributed by atoms with Gasteiger partial charge in [-0.05, 0) is 48.6 Å². The Kier molecular flexibility index (Phi) is 4.03. The van der Waals surface area contributed by atoms with Crippen molar-refractivity contribution in [1.29, 1.82) is 0 Å². The zero-order chi connectivity index (χ0) is 14.9. The van der Waals surface area contributed by atoms with Crippen LogP contribution in [0.25, 0.3) is 16.8 Å². The molecule has 0 radical (unpaired) electrons. The Balaban J connectivity index is 2.70. The molecule has 2 N–H and O–H groups in total. The number of rotatable bonds is 3. The van der Waals surface area contributed by atoms with E-state index in [9.17, 15) is 0 Å². The Morgan fingerprint density at radius 3 is 2.25 bits per heavy atom. The molecule has 0 aliphatic carbocycles. The summed E-state index contributed by atoms with van der Waals surface area (Å²) in [6, 6.07) is 11.0. The monoisotopic (exact) mass is 263 g/mol. The van der Waals surface area contributed by atoms with Gasteiger partial charge in [-0.2, -0.15) is 0 Å². The summed E-state index contributed by atoms with van der Waals surface area (Å²) in [4.78, 5) is 0. The highest BCUT2D eigenvalue weighted by atomic mass is 14.6. The van der Waals surface area contributed by atoms with Crippen molar-refractivity contribution in [3.63, 3.8) is 0 Å². The van der Waals surface area contributed by atoms with E-state index in [1.54, 1.807) is 0 Å². The fraction of sp³-hybridized carbons (Fsp3) is 0.222. The first kappa shape index (κ1) is 14.5. The van der Waals surface area contributed by atoms with E-state index in [0.717, 1.165) is 12.8 Å². The molecule has 0 amide bonds. The SMILES string of the molecule is C=C(N)c1c(BC)ccc(-c2ccc(C)cc2C)c1C. The van der Waals surface area contributed by atoms with Crippen LogP contribution in [0.15, 0.2) is 36.9 Å². The first-order valence-corrected chi connectivity index (χ1v) is 7.10. The predicted octanol–water partition coefficient (Wildman–Crippen LogP) is 3.32. The largest absolute Gasteiger partial charge is 0.399 e. The van der Waals surface area contributed by atoms with Gasteiger partial charge in [0.25, 0.3) is 0 Å². The van der Waals surface area contributed by atoms with Crippen molar-refractivity contribution < 1.29 is 0 Å². The predicted molar refractivity (Wildman–Crippen MR) is 92.0 cm³/mol. The third-order valence-electron chi connectivity index (χ3n) is 3.93. The smallest absolute Gasteiger partial charge is 0.155 e. The lowest BCUT2D eigenvalue weighted by atomic mass is 9.68. The quantitative estimate of drug-likeness (QED) is 0.845. The van der Waals surface area contributed by atoms with Crippen molar-refractivity contribution in [3.05, 3.63) is 59.2 Å². The highest BCUT2D eigenvalue weighted by Crippen LogP contribution is 2.29. The zero-order valence-corrected chi connectivity index (χ0v) is 12.9. The van der Waals surface area contributed by atoms with Crippen LogP contribution >= 0.6 is 0 Å². The molecule has 0 fully saturated rings. The second-order valence-electron chi connectivity index (χ2n) is 5.47. The molecule has 2 aromatic carbocycles. The summed E-state index contributed by atoms with van der Waals surface area (Å²) in [5.41, 5.74) is 15.4. The van der Waals surface area contributed by atoms with E-state index in [0.29, 0.717) is 5.70 Å². The number of benzene rings is 2. The maximum atomic E-state index is 6.01. The molecule has 0 aromatic heterocycles. The summed E-state index contributed by atoms with van der Waals surface area (Å²) in [5, 5.41) is 0. The fourth-order valence-corrected chi connectivity index (χ4v) is 2.92.